The van der Waals surface area contributed by atoms with E-state index in [1.807, 2.05) is 0 Å². The molecule has 1 unspecified atom stereocenters. The second-order valence-corrected chi connectivity index (χ2v) is 5.73. The second-order valence-electron chi connectivity index (χ2n) is 4.63. The Morgan fingerprint density at radius 1 is 1.25 bits per heavy atom. The van der Waals surface area contributed by atoms with Crippen molar-refractivity contribution >= 4 is 40.8 Å². The van der Waals surface area contributed by atoms with E-state index in [-0.39, 0.29) is 12.2 Å². The normalized spacial score (nSPS) is 14.2. The van der Waals surface area contributed by atoms with Crippen LogP contribution in [0.2, 0.25) is 0 Å². The molecule has 1 aromatic carbocycles. The van der Waals surface area contributed by atoms with Gasteiger partial charge in [0.05, 0.1) is 7.11 Å². The molecule has 1 N–H and O–H groups in total. The van der Waals surface area contributed by atoms with Crippen molar-refractivity contribution in [1.82, 2.24) is 0 Å². The number of carbonyl (C=O) groups excluding carboxylic acids is 2. The SMILES string of the molecule is CCN(C(=O)C(Cl)Cl)c1ccc(C(O)(C(=O)OC)C(F)(F)F)cc1. The molecular formula is C14H14Cl2F3NO4. The number of halogens is 5. The lowest BCUT2D eigenvalue weighted by Gasteiger charge is -2.28. The summed E-state index contributed by atoms with van der Waals surface area (Å²) < 4.78 is 43.5. The standard InChI is InChI=1S/C14H14Cl2F3NO4/c1-3-20(11(21)10(15)16)9-6-4-8(5-7-9)13(23,12(22)24-2)14(17,18)19/h4-7,10,23H,3H2,1-2H3. The number of aliphatic hydroxyl groups is 1. The van der Waals surface area contributed by atoms with Gasteiger partial charge in [0.2, 0.25) is 0 Å². The minimum atomic E-state index is -5.29. The van der Waals surface area contributed by atoms with Crippen molar-refractivity contribution in [3.63, 3.8) is 0 Å². The van der Waals surface area contributed by atoms with Crippen LogP contribution in [-0.2, 0) is 19.9 Å². The summed E-state index contributed by atoms with van der Waals surface area (Å²) in [4.78, 5) is 23.1. The van der Waals surface area contributed by atoms with Crippen molar-refractivity contribution in [3.8, 4) is 0 Å². The highest BCUT2D eigenvalue weighted by Crippen LogP contribution is 2.40. The lowest BCUT2D eigenvalue weighted by Crippen LogP contribution is -2.49. The van der Waals surface area contributed by atoms with Crippen molar-refractivity contribution in [1.29, 1.82) is 0 Å². The van der Waals surface area contributed by atoms with Gasteiger partial charge in [-0.1, -0.05) is 35.3 Å². The number of anilines is 1. The first-order valence-corrected chi connectivity index (χ1v) is 7.45. The molecule has 0 saturated carbocycles. The van der Waals surface area contributed by atoms with E-state index < -0.39 is 34.1 Å². The van der Waals surface area contributed by atoms with Crippen LogP contribution in [0.1, 0.15) is 12.5 Å². The van der Waals surface area contributed by atoms with Gasteiger partial charge >= 0.3 is 12.1 Å². The number of esters is 1. The average Bonchev–Trinajstić information content (AvgIpc) is 2.53. The Kier molecular flexibility index (Phi) is 6.49. The summed E-state index contributed by atoms with van der Waals surface area (Å²) in [6.07, 6.45) is -5.29. The summed E-state index contributed by atoms with van der Waals surface area (Å²) in [5, 5.41) is 9.85. The van der Waals surface area contributed by atoms with Crippen LogP contribution >= 0.6 is 23.2 Å². The van der Waals surface area contributed by atoms with E-state index in [1.54, 1.807) is 6.92 Å². The van der Waals surface area contributed by atoms with Crippen LogP contribution in [0, 0.1) is 0 Å². The predicted octanol–water partition coefficient (Wildman–Crippen LogP) is 2.77. The van der Waals surface area contributed by atoms with Gasteiger partial charge in [0.15, 0.2) is 4.84 Å². The summed E-state index contributed by atoms with van der Waals surface area (Å²) in [6, 6.07) is 4.00. The lowest BCUT2D eigenvalue weighted by molar-refractivity contribution is -0.266. The quantitative estimate of drug-likeness (QED) is 0.623. The zero-order chi connectivity index (χ0) is 18.7. The number of carbonyl (C=O) groups is 2. The molecule has 134 valence electrons. The Labute approximate surface area is 145 Å². The van der Waals surface area contributed by atoms with Crippen molar-refractivity contribution in [2.24, 2.45) is 0 Å². The first-order valence-electron chi connectivity index (χ1n) is 6.58. The minimum absolute atomic E-state index is 0.161. The van der Waals surface area contributed by atoms with Gasteiger partial charge in [0.1, 0.15) is 0 Å². The van der Waals surface area contributed by atoms with Crippen LogP contribution in [0.3, 0.4) is 0 Å². The fourth-order valence-corrected chi connectivity index (χ4v) is 2.25. The highest BCUT2D eigenvalue weighted by molar-refractivity contribution is 6.54. The second kappa shape index (κ2) is 7.58. The number of methoxy groups -OCH3 is 1. The number of hydrogen-bond donors (Lipinski definition) is 1. The van der Waals surface area contributed by atoms with Gasteiger partial charge in [-0.15, -0.1) is 0 Å². The molecule has 0 heterocycles. The molecule has 24 heavy (non-hydrogen) atoms. The van der Waals surface area contributed by atoms with Gasteiger partial charge in [-0.25, -0.2) is 4.79 Å². The van der Waals surface area contributed by atoms with Crippen LogP contribution < -0.4 is 4.90 Å². The van der Waals surface area contributed by atoms with Gasteiger partial charge in [0.25, 0.3) is 11.5 Å². The van der Waals surface area contributed by atoms with E-state index in [0.29, 0.717) is 0 Å². The molecule has 0 aliphatic rings. The number of benzene rings is 1. The molecule has 0 aromatic heterocycles. The van der Waals surface area contributed by atoms with Crippen molar-refractivity contribution < 1.29 is 32.6 Å². The highest BCUT2D eigenvalue weighted by Gasteiger charge is 2.62. The van der Waals surface area contributed by atoms with Crippen LogP contribution in [0.4, 0.5) is 18.9 Å². The molecule has 0 bridgehead atoms. The smallest absolute Gasteiger partial charge is 0.432 e. The van der Waals surface area contributed by atoms with E-state index in [9.17, 15) is 27.9 Å². The third kappa shape index (κ3) is 3.76. The summed E-state index contributed by atoms with van der Waals surface area (Å²) in [6.45, 7) is 1.77. The maximum Gasteiger partial charge on any atom is 0.432 e. The first-order chi connectivity index (χ1) is 11.0. The fourth-order valence-electron chi connectivity index (χ4n) is 2.01. The molecule has 1 amide bonds. The molecule has 10 heteroatoms. The minimum Gasteiger partial charge on any atom is -0.466 e. The van der Waals surface area contributed by atoms with Crippen molar-refractivity contribution in [3.05, 3.63) is 29.8 Å². The molecule has 5 nitrogen and oxygen atoms in total. The largest absolute Gasteiger partial charge is 0.466 e. The molecule has 0 aliphatic carbocycles. The topological polar surface area (TPSA) is 66.8 Å². The van der Waals surface area contributed by atoms with Crippen LogP contribution in [0.5, 0.6) is 0 Å². The average molecular weight is 388 g/mol. The number of rotatable bonds is 5. The van der Waals surface area contributed by atoms with E-state index in [4.69, 9.17) is 23.2 Å². The molecule has 0 aliphatic heterocycles. The van der Waals surface area contributed by atoms with E-state index >= 15 is 0 Å². The third-order valence-corrected chi connectivity index (χ3v) is 3.63. The van der Waals surface area contributed by atoms with E-state index in [1.165, 1.54) is 0 Å². The summed E-state index contributed by atoms with van der Waals surface area (Å²) in [5.41, 5.74) is -4.36. The molecule has 1 aromatic rings. The van der Waals surface area contributed by atoms with E-state index in [0.717, 1.165) is 36.3 Å². The fraction of sp³-hybridized carbons (Fsp3) is 0.429. The monoisotopic (exact) mass is 387 g/mol. The lowest BCUT2D eigenvalue weighted by atomic mass is 9.93. The Morgan fingerprint density at radius 2 is 1.75 bits per heavy atom. The van der Waals surface area contributed by atoms with E-state index in [2.05, 4.69) is 4.74 Å². The summed E-state index contributed by atoms with van der Waals surface area (Å²) >= 11 is 11.0. The van der Waals surface area contributed by atoms with Gasteiger partial charge in [-0.2, -0.15) is 13.2 Å². The number of alkyl halides is 5. The maximum absolute atomic E-state index is 13.1. The van der Waals surface area contributed by atoms with Crippen molar-refractivity contribution in [2.75, 3.05) is 18.6 Å². The molecule has 0 radical (unpaired) electrons. The Hall–Kier alpha value is -1.51. The van der Waals surface area contributed by atoms with Gasteiger partial charge < -0.3 is 14.7 Å². The van der Waals surface area contributed by atoms with Crippen LogP contribution in [0.25, 0.3) is 0 Å². The van der Waals surface area contributed by atoms with Gasteiger partial charge in [-0.05, 0) is 19.1 Å². The molecule has 1 atom stereocenters. The molecule has 1 rings (SSSR count). The maximum atomic E-state index is 13.1. The van der Waals surface area contributed by atoms with Crippen LogP contribution in [0.15, 0.2) is 24.3 Å². The zero-order valence-electron chi connectivity index (χ0n) is 12.6. The summed E-state index contributed by atoms with van der Waals surface area (Å²) in [7, 11) is 0.728. The number of hydrogen-bond acceptors (Lipinski definition) is 4. The summed E-state index contributed by atoms with van der Waals surface area (Å²) in [5.74, 6) is -2.53. The predicted molar refractivity (Wildman–Crippen MR) is 81.9 cm³/mol. The van der Waals surface area contributed by atoms with Gasteiger partial charge in [0, 0.05) is 17.8 Å². The molecule has 0 fully saturated rings. The van der Waals surface area contributed by atoms with Gasteiger partial charge in [-0.3, -0.25) is 4.79 Å². The Balaban J connectivity index is 3.30. The zero-order valence-corrected chi connectivity index (χ0v) is 14.1. The number of amides is 1. The molecular weight excluding hydrogens is 374 g/mol. The highest BCUT2D eigenvalue weighted by atomic mass is 35.5. The number of ether oxygens (including phenoxy) is 1. The number of nitrogens with zero attached hydrogens (tertiary/aromatic N) is 1. The first kappa shape index (κ1) is 20.5. The Bertz CT molecular complexity index is 607. The Morgan fingerprint density at radius 3 is 2.08 bits per heavy atom. The van der Waals surface area contributed by atoms with Crippen LogP contribution in [-0.4, -0.2) is 41.7 Å². The molecule has 0 saturated heterocycles. The third-order valence-electron chi connectivity index (χ3n) is 3.26. The van der Waals surface area contributed by atoms with Crippen molar-refractivity contribution in [2.45, 2.75) is 23.5 Å². The molecule has 0 spiro atoms.